The van der Waals surface area contributed by atoms with Crippen molar-refractivity contribution in [2.24, 2.45) is 0 Å². The first-order chi connectivity index (χ1) is 7.81. The molecule has 0 saturated carbocycles. The number of thioether (sulfide) groups is 1. The number of carbonyl (C=O) groups is 1. The number of methoxy groups -OCH3 is 1. The zero-order valence-electron chi connectivity index (χ0n) is 9.26. The van der Waals surface area contributed by atoms with E-state index in [1.165, 1.54) is 12.0 Å². The number of amides is 1. The summed E-state index contributed by atoms with van der Waals surface area (Å²) in [5.41, 5.74) is 0. The van der Waals surface area contributed by atoms with E-state index in [-0.39, 0.29) is 11.5 Å². The van der Waals surface area contributed by atoms with Gasteiger partial charge >= 0.3 is 6.09 Å². The zero-order valence-corrected chi connectivity index (χ0v) is 10.1. The fourth-order valence-electron chi connectivity index (χ4n) is 1.84. The van der Waals surface area contributed by atoms with Crippen LogP contribution in [-0.4, -0.2) is 30.0 Å². The molecule has 0 aliphatic carbocycles. The first-order valence-corrected chi connectivity index (χ1v) is 6.25. The summed E-state index contributed by atoms with van der Waals surface area (Å²) in [7, 11) is 1.44. The largest absolute Gasteiger partial charge is 0.453 e. The fraction of sp³-hybridized carbons (Fsp3) is 0.417. The van der Waals surface area contributed by atoms with Crippen LogP contribution in [0.25, 0.3) is 0 Å². The zero-order chi connectivity index (χ0) is 11.4. The van der Waals surface area contributed by atoms with Gasteiger partial charge in [-0.2, -0.15) is 0 Å². The number of hydrogen-bond donors (Lipinski definition) is 0. The number of benzene rings is 1. The van der Waals surface area contributed by atoms with Crippen LogP contribution in [0.4, 0.5) is 4.79 Å². The Kier molecular flexibility index (Phi) is 3.72. The van der Waals surface area contributed by atoms with Gasteiger partial charge in [-0.3, -0.25) is 4.90 Å². The summed E-state index contributed by atoms with van der Waals surface area (Å²) in [6, 6.07) is 10.2. The molecule has 1 atom stereocenters. The van der Waals surface area contributed by atoms with E-state index in [0.29, 0.717) is 0 Å². The molecular weight excluding hydrogens is 222 g/mol. The van der Waals surface area contributed by atoms with Gasteiger partial charge in [0.1, 0.15) is 0 Å². The van der Waals surface area contributed by atoms with Crippen LogP contribution >= 0.6 is 11.8 Å². The molecule has 1 amide bonds. The van der Waals surface area contributed by atoms with Gasteiger partial charge in [0.2, 0.25) is 0 Å². The van der Waals surface area contributed by atoms with Crippen molar-refractivity contribution < 1.29 is 9.53 Å². The molecule has 1 aliphatic heterocycles. The van der Waals surface area contributed by atoms with Gasteiger partial charge in [-0.15, -0.1) is 11.8 Å². The molecule has 4 heteroatoms. The van der Waals surface area contributed by atoms with Crippen molar-refractivity contribution >= 4 is 17.9 Å². The van der Waals surface area contributed by atoms with Gasteiger partial charge in [0.05, 0.1) is 12.5 Å². The molecule has 2 rings (SSSR count). The molecule has 1 heterocycles. The van der Waals surface area contributed by atoms with Gasteiger partial charge in [-0.05, 0) is 25.0 Å². The van der Waals surface area contributed by atoms with Crippen LogP contribution in [0, 0.1) is 0 Å². The Morgan fingerprint density at radius 2 is 2.19 bits per heavy atom. The summed E-state index contributed by atoms with van der Waals surface area (Å²) < 4.78 is 4.78. The Balaban J connectivity index is 2.01. The van der Waals surface area contributed by atoms with Gasteiger partial charge in [0.25, 0.3) is 0 Å². The van der Waals surface area contributed by atoms with Gasteiger partial charge in [0, 0.05) is 11.4 Å². The van der Waals surface area contributed by atoms with E-state index in [1.54, 1.807) is 16.7 Å². The molecule has 0 bridgehead atoms. The van der Waals surface area contributed by atoms with Crippen molar-refractivity contribution in [2.45, 2.75) is 23.1 Å². The average Bonchev–Trinajstić information content (AvgIpc) is 2.77. The van der Waals surface area contributed by atoms with Crippen molar-refractivity contribution in [3.63, 3.8) is 0 Å². The molecule has 0 aromatic heterocycles. The Bertz CT molecular complexity index is 355. The highest BCUT2D eigenvalue weighted by Crippen LogP contribution is 2.32. The monoisotopic (exact) mass is 237 g/mol. The second-order valence-corrected chi connectivity index (χ2v) is 4.94. The van der Waals surface area contributed by atoms with Crippen LogP contribution in [0.1, 0.15) is 12.8 Å². The lowest BCUT2D eigenvalue weighted by Gasteiger charge is -2.22. The Morgan fingerprint density at radius 1 is 1.44 bits per heavy atom. The van der Waals surface area contributed by atoms with E-state index >= 15 is 0 Å². The van der Waals surface area contributed by atoms with Crippen LogP contribution in [0.15, 0.2) is 35.2 Å². The summed E-state index contributed by atoms with van der Waals surface area (Å²) in [5, 5.41) is 0.217. The van der Waals surface area contributed by atoms with E-state index in [2.05, 4.69) is 12.1 Å². The third-order valence-electron chi connectivity index (χ3n) is 2.62. The van der Waals surface area contributed by atoms with Gasteiger partial charge < -0.3 is 4.74 Å². The fourth-order valence-corrected chi connectivity index (χ4v) is 3.07. The first-order valence-electron chi connectivity index (χ1n) is 5.37. The second-order valence-electron chi connectivity index (χ2n) is 3.69. The highest BCUT2D eigenvalue weighted by molar-refractivity contribution is 7.99. The summed E-state index contributed by atoms with van der Waals surface area (Å²) >= 11 is 1.73. The van der Waals surface area contributed by atoms with E-state index in [0.717, 1.165) is 19.4 Å². The van der Waals surface area contributed by atoms with E-state index in [1.807, 2.05) is 18.2 Å². The number of rotatable bonds is 2. The maximum atomic E-state index is 11.5. The molecule has 3 nitrogen and oxygen atoms in total. The molecule has 1 aliphatic rings. The molecule has 0 spiro atoms. The van der Waals surface area contributed by atoms with Crippen molar-refractivity contribution in [3.05, 3.63) is 30.3 Å². The SMILES string of the molecule is COC(=O)N1CCCC1Sc1ccccc1. The lowest BCUT2D eigenvalue weighted by atomic mass is 10.4. The minimum Gasteiger partial charge on any atom is -0.453 e. The molecule has 0 N–H and O–H groups in total. The van der Waals surface area contributed by atoms with Crippen LogP contribution in [-0.2, 0) is 4.74 Å². The Hall–Kier alpha value is -1.16. The molecule has 1 saturated heterocycles. The number of carbonyl (C=O) groups excluding carboxylic acids is 1. The highest BCUT2D eigenvalue weighted by atomic mass is 32.2. The van der Waals surface area contributed by atoms with E-state index in [9.17, 15) is 4.79 Å². The maximum Gasteiger partial charge on any atom is 0.410 e. The van der Waals surface area contributed by atoms with Gasteiger partial charge in [0.15, 0.2) is 0 Å². The minimum atomic E-state index is -0.217. The van der Waals surface area contributed by atoms with Crippen LogP contribution in [0.3, 0.4) is 0 Å². The number of nitrogens with zero attached hydrogens (tertiary/aromatic N) is 1. The maximum absolute atomic E-state index is 11.5. The quantitative estimate of drug-likeness (QED) is 0.792. The standard InChI is InChI=1S/C12H15NO2S/c1-15-12(14)13-9-5-8-11(13)16-10-6-3-2-4-7-10/h2-4,6-7,11H,5,8-9H2,1H3. The Labute approximate surface area is 99.8 Å². The minimum absolute atomic E-state index is 0.217. The van der Waals surface area contributed by atoms with Gasteiger partial charge in [-0.25, -0.2) is 4.79 Å². The average molecular weight is 237 g/mol. The molecule has 1 fully saturated rings. The Morgan fingerprint density at radius 3 is 2.88 bits per heavy atom. The van der Waals surface area contributed by atoms with Gasteiger partial charge in [-0.1, -0.05) is 18.2 Å². The normalized spacial score (nSPS) is 19.8. The number of hydrogen-bond acceptors (Lipinski definition) is 3. The molecule has 0 radical (unpaired) electrons. The van der Waals surface area contributed by atoms with Crippen LogP contribution < -0.4 is 0 Å². The number of likely N-dealkylation sites (tertiary alicyclic amines) is 1. The van der Waals surface area contributed by atoms with Crippen LogP contribution in [0.2, 0.25) is 0 Å². The molecule has 86 valence electrons. The van der Waals surface area contributed by atoms with Crippen molar-refractivity contribution in [3.8, 4) is 0 Å². The third kappa shape index (κ3) is 2.50. The summed E-state index contributed by atoms with van der Waals surface area (Å²) in [6.45, 7) is 0.803. The molecular formula is C12H15NO2S. The molecule has 1 aromatic rings. The van der Waals surface area contributed by atoms with E-state index in [4.69, 9.17) is 4.74 Å². The summed E-state index contributed by atoms with van der Waals surface area (Å²) in [4.78, 5) is 14.5. The summed E-state index contributed by atoms with van der Waals surface area (Å²) in [6.07, 6.45) is 1.87. The second kappa shape index (κ2) is 5.25. The van der Waals surface area contributed by atoms with Crippen LogP contribution in [0.5, 0.6) is 0 Å². The van der Waals surface area contributed by atoms with E-state index < -0.39 is 0 Å². The molecule has 1 unspecified atom stereocenters. The lowest BCUT2D eigenvalue weighted by Crippen LogP contribution is -2.33. The number of ether oxygens (including phenoxy) is 1. The van der Waals surface area contributed by atoms with Crippen molar-refractivity contribution in [1.82, 2.24) is 4.90 Å². The predicted octanol–water partition coefficient (Wildman–Crippen LogP) is 2.97. The third-order valence-corrected chi connectivity index (χ3v) is 3.93. The predicted molar refractivity (Wildman–Crippen MR) is 64.4 cm³/mol. The molecule has 1 aromatic carbocycles. The van der Waals surface area contributed by atoms with Crippen molar-refractivity contribution in [2.75, 3.05) is 13.7 Å². The lowest BCUT2D eigenvalue weighted by molar-refractivity contribution is 0.129. The first kappa shape index (κ1) is 11.3. The highest BCUT2D eigenvalue weighted by Gasteiger charge is 2.29. The summed E-state index contributed by atoms with van der Waals surface area (Å²) in [5.74, 6) is 0. The molecule has 16 heavy (non-hydrogen) atoms. The smallest absolute Gasteiger partial charge is 0.410 e. The van der Waals surface area contributed by atoms with Crippen molar-refractivity contribution in [1.29, 1.82) is 0 Å². The topological polar surface area (TPSA) is 29.5 Å².